The molecule has 0 spiro atoms. The van der Waals surface area contributed by atoms with Crippen molar-refractivity contribution in [2.24, 2.45) is 0 Å². The van der Waals surface area contributed by atoms with Crippen molar-refractivity contribution in [2.75, 3.05) is 32.1 Å². The Morgan fingerprint density at radius 3 is 3.00 bits per heavy atom. The smallest absolute Gasteiger partial charge is 0.356 e. The van der Waals surface area contributed by atoms with Gasteiger partial charge < -0.3 is 15.4 Å². The van der Waals surface area contributed by atoms with Crippen molar-refractivity contribution in [1.29, 1.82) is 0 Å². The predicted molar refractivity (Wildman–Crippen MR) is 62.6 cm³/mol. The van der Waals surface area contributed by atoms with Gasteiger partial charge in [-0.15, -0.1) is 0 Å². The van der Waals surface area contributed by atoms with Crippen molar-refractivity contribution in [2.45, 2.75) is 6.92 Å². The van der Waals surface area contributed by atoms with Gasteiger partial charge in [-0.05, 0) is 18.7 Å². The molecule has 1 aromatic heterocycles. The zero-order valence-electron chi connectivity index (χ0n) is 9.62. The number of likely N-dealkylation sites (N-methyl/N-ethyl adjacent to an activating group) is 1. The average Bonchev–Trinajstić information content (AvgIpc) is 2.34. The highest BCUT2D eigenvalue weighted by Crippen LogP contribution is 2.07. The third kappa shape index (κ3) is 3.86. The molecule has 0 fully saturated rings. The molecule has 1 aromatic rings. The third-order valence-corrected chi connectivity index (χ3v) is 2.04. The summed E-state index contributed by atoms with van der Waals surface area (Å²) in [5, 5.41) is 6.39. The molecule has 0 saturated carbocycles. The summed E-state index contributed by atoms with van der Waals surface area (Å²) in [5.41, 5.74) is 1.18. The van der Waals surface area contributed by atoms with Crippen LogP contribution in [0.4, 0.5) is 5.69 Å². The number of nitrogens with one attached hydrogen (secondary N) is 2. The molecule has 0 unspecified atom stereocenters. The van der Waals surface area contributed by atoms with E-state index in [1.807, 2.05) is 6.07 Å². The van der Waals surface area contributed by atoms with Crippen LogP contribution in [-0.2, 0) is 4.74 Å². The molecule has 1 rings (SSSR count). The number of nitrogens with zero attached hydrogens (tertiary/aromatic N) is 1. The van der Waals surface area contributed by atoms with Crippen molar-refractivity contribution in [3.05, 3.63) is 24.0 Å². The highest BCUT2D eigenvalue weighted by molar-refractivity contribution is 5.88. The van der Waals surface area contributed by atoms with Crippen LogP contribution >= 0.6 is 0 Å². The molecular weight excluding hydrogens is 206 g/mol. The van der Waals surface area contributed by atoms with Gasteiger partial charge >= 0.3 is 5.97 Å². The topological polar surface area (TPSA) is 63.2 Å². The molecule has 1 heterocycles. The Bertz CT molecular complexity index is 342. The van der Waals surface area contributed by atoms with Crippen molar-refractivity contribution in [1.82, 2.24) is 10.3 Å². The van der Waals surface area contributed by atoms with Crippen LogP contribution in [0.15, 0.2) is 18.3 Å². The average molecular weight is 223 g/mol. The molecule has 0 atom stereocenters. The van der Waals surface area contributed by atoms with Gasteiger partial charge in [-0.25, -0.2) is 9.78 Å². The first-order valence-corrected chi connectivity index (χ1v) is 5.27. The minimum Gasteiger partial charge on any atom is -0.464 e. The molecule has 0 amide bonds. The first-order valence-electron chi connectivity index (χ1n) is 5.27. The quantitative estimate of drug-likeness (QED) is 0.554. The largest absolute Gasteiger partial charge is 0.464 e. The van der Waals surface area contributed by atoms with Crippen LogP contribution in [0, 0.1) is 0 Å². The number of hydrogen-bond donors (Lipinski definition) is 2. The van der Waals surface area contributed by atoms with E-state index in [0.29, 0.717) is 5.69 Å². The minimum atomic E-state index is -0.421. The van der Waals surface area contributed by atoms with Crippen LogP contribution in [0.5, 0.6) is 0 Å². The molecule has 88 valence electrons. The van der Waals surface area contributed by atoms with Crippen LogP contribution in [0.2, 0.25) is 0 Å². The second kappa shape index (κ2) is 6.79. The highest BCUT2D eigenvalue weighted by Gasteiger charge is 2.06. The number of ether oxygens (including phenoxy) is 1. The fourth-order valence-electron chi connectivity index (χ4n) is 1.23. The number of anilines is 1. The molecule has 0 aliphatic rings. The molecular formula is C11H17N3O2. The zero-order valence-corrected chi connectivity index (χ0v) is 9.62. The van der Waals surface area contributed by atoms with Crippen LogP contribution in [0.1, 0.15) is 17.4 Å². The number of pyridine rings is 1. The Labute approximate surface area is 95.2 Å². The van der Waals surface area contributed by atoms with E-state index in [4.69, 9.17) is 0 Å². The maximum Gasteiger partial charge on any atom is 0.356 e. The maximum absolute atomic E-state index is 11.2. The van der Waals surface area contributed by atoms with E-state index in [0.717, 1.165) is 25.3 Å². The molecule has 0 bridgehead atoms. The Balaban J connectivity index is 2.50. The van der Waals surface area contributed by atoms with Crippen molar-refractivity contribution < 1.29 is 9.53 Å². The SMILES string of the molecule is CCNCCNc1ccnc(C(=O)OC)c1. The van der Waals surface area contributed by atoms with Gasteiger partial charge in [0.25, 0.3) is 0 Å². The van der Waals surface area contributed by atoms with Gasteiger partial charge in [0.2, 0.25) is 0 Å². The molecule has 0 aliphatic carbocycles. The molecule has 0 aliphatic heterocycles. The molecule has 0 saturated heterocycles. The summed E-state index contributed by atoms with van der Waals surface area (Å²) in [5.74, 6) is -0.421. The van der Waals surface area contributed by atoms with Gasteiger partial charge in [-0.2, -0.15) is 0 Å². The van der Waals surface area contributed by atoms with E-state index < -0.39 is 5.97 Å². The van der Waals surface area contributed by atoms with Crippen molar-refractivity contribution in [3.63, 3.8) is 0 Å². The fourth-order valence-corrected chi connectivity index (χ4v) is 1.23. The minimum absolute atomic E-state index is 0.316. The second-order valence-electron chi connectivity index (χ2n) is 3.20. The van der Waals surface area contributed by atoms with Gasteiger partial charge in [-0.3, -0.25) is 0 Å². The predicted octanol–water partition coefficient (Wildman–Crippen LogP) is 0.890. The van der Waals surface area contributed by atoms with Gasteiger partial charge in [0, 0.05) is 25.0 Å². The van der Waals surface area contributed by atoms with Gasteiger partial charge in [0.1, 0.15) is 5.69 Å². The number of carbonyl (C=O) groups is 1. The van der Waals surface area contributed by atoms with E-state index in [1.165, 1.54) is 7.11 Å². The van der Waals surface area contributed by atoms with E-state index in [9.17, 15) is 4.79 Å². The van der Waals surface area contributed by atoms with Crippen molar-refractivity contribution >= 4 is 11.7 Å². The molecule has 2 N–H and O–H groups in total. The summed E-state index contributed by atoms with van der Waals surface area (Å²) < 4.78 is 4.59. The number of aromatic nitrogens is 1. The highest BCUT2D eigenvalue weighted by atomic mass is 16.5. The zero-order chi connectivity index (χ0) is 11.8. The molecule has 5 heteroatoms. The van der Waals surface area contributed by atoms with Crippen LogP contribution < -0.4 is 10.6 Å². The first-order chi connectivity index (χ1) is 7.77. The summed E-state index contributed by atoms with van der Waals surface area (Å²) in [6.07, 6.45) is 1.59. The summed E-state index contributed by atoms with van der Waals surface area (Å²) >= 11 is 0. The lowest BCUT2D eigenvalue weighted by molar-refractivity contribution is 0.0594. The molecule has 16 heavy (non-hydrogen) atoms. The lowest BCUT2D eigenvalue weighted by Crippen LogP contribution is -2.21. The normalized spacial score (nSPS) is 9.88. The van der Waals surface area contributed by atoms with Gasteiger partial charge in [-0.1, -0.05) is 6.92 Å². The number of methoxy groups -OCH3 is 1. The lowest BCUT2D eigenvalue weighted by atomic mass is 10.3. The summed E-state index contributed by atoms with van der Waals surface area (Å²) in [4.78, 5) is 15.1. The Kier molecular flexibility index (Phi) is 5.28. The number of esters is 1. The third-order valence-electron chi connectivity index (χ3n) is 2.04. The van der Waals surface area contributed by atoms with Crippen molar-refractivity contribution in [3.8, 4) is 0 Å². The number of hydrogen-bond acceptors (Lipinski definition) is 5. The van der Waals surface area contributed by atoms with E-state index in [2.05, 4.69) is 27.3 Å². The van der Waals surface area contributed by atoms with E-state index in [1.54, 1.807) is 12.3 Å². The maximum atomic E-state index is 11.2. The van der Waals surface area contributed by atoms with E-state index in [-0.39, 0.29) is 0 Å². The van der Waals surface area contributed by atoms with Crippen LogP contribution in [0.3, 0.4) is 0 Å². The molecule has 0 aromatic carbocycles. The monoisotopic (exact) mass is 223 g/mol. The Morgan fingerprint density at radius 2 is 2.31 bits per heavy atom. The first kappa shape index (κ1) is 12.4. The molecule has 5 nitrogen and oxygen atoms in total. The molecule has 0 radical (unpaired) electrons. The van der Waals surface area contributed by atoms with E-state index >= 15 is 0 Å². The standard InChI is InChI=1S/C11H17N3O2/c1-3-12-6-7-13-9-4-5-14-10(8-9)11(15)16-2/h4-5,8,12H,3,6-7H2,1-2H3,(H,13,14). The lowest BCUT2D eigenvalue weighted by Gasteiger charge is -2.07. The number of carbonyl (C=O) groups excluding carboxylic acids is 1. The van der Waals surface area contributed by atoms with Crippen LogP contribution in [-0.4, -0.2) is 37.7 Å². The van der Waals surface area contributed by atoms with Gasteiger partial charge in [0.05, 0.1) is 7.11 Å². The van der Waals surface area contributed by atoms with Gasteiger partial charge in [0.15, 0.2) is 0 Å². The number of rotatable bonds is 6. The Hall–Kier alpha value is -1.62. The fraction of sp³-hybridized carbons (Fsp3) is 0.455. The second-order valence-corrected chi connectivity index (χ2v) is 3.20. The summed E-state index contributed by atoms with van der Waals surface area (Å²) in [6.45, 7) is 4.69. The summed E-state index contributed by atoms with van der Waals surface area (Å²) in [6, 6.07) is 3.50. The Morgan fingerprint density at radius 1 is 1.50 bits per heavy atom. The van der Waals surface area contributed by atoms with Crippen LogP contribution in [0.25, 0.3) is 0 Å². The summed E-state index contributed by atoms with van der Waals surface area (Å²) in [7, 11) is 1.34.